The lowest BCUT2D eigenvalue weighted by atomic mass is 10.1. The highest BCUT2D eigenvalue weighted by molar-refractivity contribution is 14.0. The summed E-state index contributed by atoms with van der Waals surface area (Å²) in [6, 6.07) is 8.21. The van der Waals surface area contributed by atoms with Crippen LogP contribution in [0.15, 0.2) is 41.7 Å². The zero-order valence-corrected chi connectivity index (χ0v) is 19.1. The van der Waals surface area contributed by atoms with E-state index in [9.17, 15) is 0 Å². The lowest BCUT2D eigenvalue weighted by Gasteiger charge is -2.16. The van der Waals surface area contributed by atoms with E-state index >= 15 is 0 Å². The number of benzene rings is 1. The number of aryl methyl sites for hydroxylation is 1. The zero-order valence-electron chi connectivity index (χ0n) is 16.7. The Labute approximate surface area is 179 Å². The van der Waals surface area contributed by atoms with Crippen LogP contribution in [0.25, 0.3) is 0 Å². The Kier molecular flexibility index (Phi) is 10.8. The molecule has 6 nitrogen and oxygen atoms in total. The molecule has 0 fully saturated rings. The fourth-order valence-electron chi connectivity index (χ4n) is 2.65. The Bertz CT molecular complexity index is 688. The van der Waals surface area contributed by atoms with Gasteiger partial charge in [0.25, 0.3) is 0 Å². The molecule has 2 aromatic rings. The van der Waals surface area contributed by atoms with Gasteiger partial charge in [-0.2, -0.15) is 5.10 Å². The van der Waals surface area contributed by atoms with Crippen LogP contribution in [0.5, 0.6) is 5.75 Å². The number of ether oxygens (including phenoxy) is 1. The summed E-state index contributed by atoms with van der Waals surface area (Å²) in [7, 11) is 0. The molecule has 1 atom stereocenters. The van der Waals surface area contributed by atoms with Crippen molar-refractivity contribution < 1.29 is 4.74 Å². The van der Waals surface area contributed by atoms with Crippen molar-refractivity contribution in [3.05, 3.63) is 47.8 Å². The Morgan fingerprint density at radius 3 is 2.78 bits per heavy atom. The van der Waals surface area contributed by atoms with Gasteiger partial charge in [-0.1, -0.05) is 19.1 Å². The van der Waals surface area contributed by atoms with Gasteiger partial charge < -0.3 is 15.4 Å². The minimum absolute atomic E-state index is 0. The number of aliphatic imine (C=N–C) groups is 1. The molecule has 0 spiro atoms. The average Bonchev–Trinajstić information content (AvgIpc) is 3.12. The summed E-state index contributed by atoms with van der Waals surface area (Å²) in [6.07, 6.45) is 3.80. The molecule has 2 N–H and O–H groups in total. The van der Waals surface area contributed by atoms with Gasteiger partial charge in [0.2, 0.25) is 0 Å². The quantitative estimate of drug-likeness (QED) is 0.324. The number of hydrogen-bond donors (Lipinski definition) is 2. The third-order valence-corrected chi connectivity index (χ3v) is 3.95. The first-order chi connectivity index (χ1) is 12.6. The third kappa shape index (κ3) is 8.19. The lowest BCUT2D eigenvalue weighted by Crippen LogP contribution is -2.40. The molecule has 150 valence electrons. The van der Waals surface area contributed by atoms with Crippen molar-refractivity contribution in [3.8, 4) is 5.75 Å². The van der Waals surface area contributed by atoms with Crippen LogP contribution in [0.4, 0.5) is 0 Å². The molecule has 0 aliphatic heterocycles. The van der Waals surface area contributed by atoms with E-state index in [1.165, 1.54) is 5.56 Å². The normalized spacial score (nSPS) is 12.2. The maximum Gasteiger partial charge on any atom is 0.191 e. The van der Waals surface area contributed by atoms with Crippen molar-refractivity contribution in [3.63, 3.8) is 0 Å². The minimum atomic E-state index is 0. The molecule has 1 aromatic carbocycles. The molecule has 0 amide bonds. The molecule has 0 aliphatic carbocycles. The first kappa shape index (κ1) is 23.3. The Morgan fingerprint density at radius 1 is 1.30 bits per heavy atom. The molecule has 7 heteroatoms. The van der Waals surface area contributed by atoms with Crippen LogP contribution in [-0.4, -0.2) is 35.4 Å². The van der Waals surface area contributed by atoms with Gasteiger partial charge >= 0.3 is 0 Å². The summed E-state index contributed by atoms with van der Waals surface area (Å²) in [6.45, 7) is 12.1. The smallest absolute Gasteiger partial charge is 0.191 e. The summed E-state index contributed by atoms with van der Waals surface area (Å²) in [5, 5.41) is 11.0. The second-order valence-corrected chi connectivity index (χ2v) is 6.45. The summed E-state index contributed by atoms with van der Waals surface area (Å²) >= 11 is 0. The van der Waals surface area contributed by atoms with Gasteiger partial charge in [0.15, 0.2) is 5.96 Å². The topological polar surface area (TPSA) is 63.5 Å². The molecule has 1 aromatic heterocycles. The van der Waals surface area contributed by atoms with Crippen molar-refractivity contribution in [2.45, 2.75) is 40.8 Å². The fraction of sp³-hybridized carbons (Fsp3) is 0.500. The summed E-state index contributed by atoms with van der Waals surface area (Å²) < 4.78 is 7.70. The van der Waals surface area contributed by atoms with E-state index in [0.29, 0.717) is 19.1 Å². The van der Waals surface area contributed by atoms with Crippen LogP contribution in [0.2, 0.25) is 0 Å². The Morgan fingerprint density at radius 2 is 2.11 bits per heavy atom. The summed E-state index contributed by atoms with van der Waals surface area (Å²) in [5.41, 5.74) is 2.29. The van der Waals surface area contributed by atoms with Crippen molar-refractivity contribution in [1.29, 1.82) is 0 Å². The number of rotatable bonds is 9. The van der Waals surface area contributed by atoms with Gasteiger partial charge in [0, 0.05) is 37.6 Å². The van der Waals surface area contributed by atoms with E-state index in [4.69, 9.17) is 9.73 Å². The summed E-state index contributed by atoms with van der Waals surface area (Å²) in [4.78, 5) is 4.72. The monoisotopic (exact) mass is 485 g/mol. The molecule has 0 bridgehead atoms. The first-order valence-corrected chi connectivity index (χ1v) is 9.34. The average molecular weight is 485 g/mol. The van der Waals surface area contributed by atoms with Gasteiger partial charge in [0.1, 0.15) is 5.75 Å². The van der Waals surface area contributed by atoms with E-state index in [2.05, 4.69) is 54.7 Å². The van der Waals surface area contributed by atoms with Crippen molar-refractivity contribution in [2.24, 2.45) is 10.9 Å². The maximum absolute atomic E-state index is 5.75. The molecule has 27 heavy (non-hydrogen) atoms. The summed E-state index contributed by atoms with van der Waals surface area (Å²) in [5.74, 6) is 2.18. The van der Waals surface area contributed by atoms with E-state index in [0.717, 1.165) is 36.9 Å². The van der Waals surface area contributed by atoms with Gasteiger partial charge in [-0.05, 0) is 44.4 Å². The fourth-order valence-corrected chi connectivity index (χ4v) is 2.65. The van der Waals surface area contributed by atoms with E-state index < -0.39 is 0 Å². The largest absolute Gasteiger partial charge is 0.494 e. The number of nitrogens with zero attached hydrogens (tertiary/aromatic N) is 3. The molecule has 1 heterocycles. The van der Waals surface area contributed by atoms with E-state index in [1.54, 1.807) is 0 Å². The highest BCUT2D eigenvalue weighted by atomic mass is 127. The standard InChI is InChI=1S/C20H31N5O.HI/c1-5-21-20(22-13-17(4)15-25-11-7-10-24-25)23-14-18-9-8-16(3)12-19(18)26-6-2;/h7-12,17H,5-6,13-15H2,1-4H3,(H2,21,22,23);1H. The van der Waals surface area contributed by atoms with Crippen molar-refractivity contribution in [2.75, 3.05) is 19.7 Å². The van der Waals surface area contributed by atoms with Crippen molar-refractivity contribution in [1.82, 2.24) is 20.4 Å². The van der Waals surface area contributed by atoms with Gasteiger partial charge in [-0.15, -0.1) is 24.0 Å². The number of halogens is 1. The Hall–Kier alpha value is -1.77. The molecule has 1 unspecified atom stereocenters. The van der Waals surface area contributed by atoms with Crippen LogP contribution in [0.1, 0.15) is 31.9 Å². The van der Waals surface area contributed by atoms with Crippen LogP contribution < -0.4 is 15.4 Å². The highest BCUT2D eigenvalue weighted by Crippen LogP contribution is 2.21. The third-order valence-electron chi connectivity index (χ3n) is 3.95. The van der Waals surface area contributed by atoms with Crippen LogP contribution >= 0.6 is 24.0 Å². The van der Waals surface area contributed by atoms with Gasteiger partial charge in [-0.25, -0.2) is 4.99 Å². The van der Waals surface area contributed by atoms with Gasteiger partial charge in [0.05, 0.1) is 13.2 Å². The molecular formula is C20H32IN5O. The maximum atomic E-state index is 5.75. The molecule has 0 aliphatic rings. The van der Waals surface area contributed by atoms with Crippen LogP contribution in [0, 0.1) is 12.8 Å². The second-order valence-electron chi connectivity index (χ2n) is 6.45. The number of hydrogen-bond acceptors (Lipinski definition) is 3. The van der Waals surface area contributed by atoms with Crippen LogP contribution in [-0.2, 0) is 13.1 Å². The lowest BCUT2D eigenvalue weighted by molar-refractivity contribution is 0.336. The zero-order chi connectivity index (χ0) is 18.8. The first-order valence-electron chi connectivity index (χ1n) is 9.34. The predicted octanol–water partition coefficient (Wildman–Crippen LogP) is 3.60. The van der Waals surface area contributed by atoms with E-state index in [-0.39, 0.29) is 24.0 Å². The molecule has 0 saturated heterocycles. The minimum Gasteiger partial charge on any atom is -0.494 e. The molecule has 2 rings (SSSR count). The second kappa shape index (κ2) is 12.6. The number of aromatic nitrogens is 2. The molecular weight excluding hydrogens is 453 g/mol. The molecule has 0 saturated carbocycles. The van der Waals surface area contributed by atoms with Gasteiger partial charge in [-0.3, -0.25) is 4.68 Å². The van der Waals surface area contributed by atoms with E-state index in [1.807, 2.05) is 30.1 Å². The highest BCUT2D eigenvalue weighted by Gasteiger charge is 2.07. The van der Waals surface area contributed by atoms with Crippen LogP contribution in [0.3, 0.4) is 0 Å². The SMILES string of the molecule is CCNC(=NCc1ccc(C)cc1OCC)NCC(C)Cn1cccn1.I. The van der Waals surface area contributed by atoms with Crippen molar-refractivity contribution >= 4 is 29.9 Å². The Balaban J connectivity index is 0.00000364. The number of guanidine groups is 1. The number of nitrogens with one attached hydrogen (secondary N) is 2. The predicted molar refractivity (Wildman–Crippen MR) is 122 cm³/mol. The molecule has 0 radical (unpaired) electrons.